The number of hydrogen-bond donors (Lipinski definition) is 2. The molecule has 2 aromatic rings. The third-order valence-electron chi connectivity index (χ3n) is 2.90. The van der Waals surface area contributed by atoms with E-state index in [2.05, 4.69) is 17.9 Å². The van der Waals surface area contributed by atoms with Crippen molar-refractivity contribution >= 4 is 41.7 Å². The molecule has 0 spiro atoms. The van der Waals surface area contributed by atoms with Crippen LogP contribution in [0.4, 0.5) is 4.39 Å². The molecule has 0 bridgehead atoms. The lowest BCUT2D eigenvalue weighted by molar-refractivity contribution is 0.0954. The van der Waals surface area contributed by atoms with E-state index in [0.717, 1.165) is 5.56 Å². The maximum atomic E-state index is 13.1. The lowest BCUT2D eigenvalue weighted by Crippen LogP contribution is -2.25. The molecule has 0 aliphatic rings. The van der Waals surface area contributed by atoms with Crippen LogP contribution in [0.15, 0.2) is 41.3 Å². The maximum Gasteiger partial charge on any atom is 0.251 e. The average molecular weight is 344 g/mol. The fraction of sp³-hybridized carbons (Fsp3) is 0.133. The monoisotopic (exact) mass is 343 g/mol. The van der Waals surface area contributed by atoms with Crippen molar-refractivity contribution in [1.82, 2.24) is 5.32 Å². The Balaban J connectivity index is 1.93. The van der Waals surface area contributed by atoms with Crippen molar-refractivity contribution < 1.29 is 9.18 Å². The van der Waals surface area contributed by atoms with Crippen LogP contribution in [-0.2, 0) is 6.42 Å². The second kappa shape index (κ2) is 7.16. The van der Waals surface area contributed by atoms with Gasteiger partial charge < -0.3 is 5.32 Å². The van der Waals surface area contributed by atoms with Gasteiger partial charge in [0, 0.05) is 27.0 Å². The van der Waals surface area contributed by atoms with Gasteiger partial charge in [-0.05, 0) is 42.3 Å². The smallest absolute Gasteiger partial charge is 0.251 e. The van der Waals surface area contributed by atoms with Gasteiger partial charge in [-0.3, -0.25) is 4.79 Å². The van der Waals surface area contributed by atoms with Crippen molar-refractivity contribution in [2.45, 2.75) is 11.3 Å². The van der Waals surface area contributed by atoms with E-state index < -0.39 is 5.82 Å². The number of thiol groups is 1. The van der Waals surface area contributed by atoms with Gasteiger partial charge >= 0.3 is 0 Å². The zero-order valence-corrected chi connectivity index (χ0v) is 13.3. The van der Waals surface area contributed by atoms with Crippen LogP contribution in [0.1, 0.15) is 15.9 Å². The Bertz CT molecular complexity index is 679. The van der Waals surface area contributed by atoms with Crippen LogP contribution in [0, 0.1) is 5.82 Å². The third-order valence-corrected chi connectivity index (χ3v) is 3.83. The molecule has 6 heteroatoms. The Morgan fingerprint density at radius 1 is 1.19 bits per heavy atom. The van der Waals surface area contributed by atoms with Crippen LogP contribution in [0.25, 0.3) is 0 Å². The molecule has 0 saturated carbocycles. The van der Waals surface area contributed by atoms with Crippen molar-refractivity contribution in [1.29, 1.82) is 0 Å². The predicted octanol–water partition coefficient (Wildman–Crippen LogP) is 4.39. The van der Waals surface area contributed by atoms with Gasteiger partial charge in [0.2, 0.25) is 0 Å². The lowest BCUT2D eigenvalue weighted by Gasteiger charge is -2.08. The molecular weight excluding hydrogens is 332 g/mol. The number of amides is 1. The summed E-state index contributed by atoms with van der Waals surface area (Å²) in [7, 11) is 0. The number of halogens is 3. The molecule has 0 fully saturated rings. The molecule has 0 atom stereocenters. The topological polar surface area (TPSA) is 29.1 Å². The Kier molecular flexibility index (Phi) is 5.51. The number of nitrogens with one attached hydrogen (secondary N) is 1. The zero-order chi connectivity index (χ0) is 15.4. The quantitative estimate of drug-likeness (QED) is 0.792. The Labute approximate surface area is 137 Å². The summed E-state index contributed by atoms with van der Waals surface area (Å²) in [5.74, 6) is -0.738. The van der Waals surface area contributed by atoms with Gasteiger partial charge in [-0.15, -0.1) is 12.6 Å². The Morgan fingerprint density at radius 3 is 2.62 bits per heavy atom. The van der Waals surface area contributed by atoms with E-state index in [4.69, 9.17) is 23.2 Å². The van der Waals surface area contributed by atoms with E-state index in [-0.39, 0.29) is 10.8 Å². The number of hydrogen-bond acceptors (Lipinski definition) is 2. The number of carbonyl (C=O) groups excluding carboxylic acids is 1. The zero-order valence-electron chi connectivity index (χ0n) is 10.9. The largest absolute Gasteiger partial charge is 0.352 e. The molecule has 2 aromatic carbocycles. The summed E-state index contributed by atoms with van der Waals surface area (Å²) >= 11 is 15.8. The van der Waals surface area contributed by atoms with Gasteiger partial charge in [0.1, 0.15) is 5.82 Å². The normalized spacial score (nSPS) is 10.5. The second-order valence-corrected chi connectivity index (χ2v) is 5.73. The van der Waals surface area contributed by atoms with E-state index >= 15 is 0 Å². The van der Waals surface area contributed by atoms with Crippen LogP contribution < -0.4 is 5.32 Å². The van der Waals surface area contributed by atoms with Crippen LogP contribution in [0.3, 0.4) is 0 Å². The van der Waals surface area contributed by atoms with Gasteiger partial charge in [-0.25, -0.2) is 4.39 Å². The molecule has 1 N–H and O–H groups in total. The minimum Gasteiger partial charge on any atom is -0.352 e. The summed E-state index contributed by atoms with van der Waals surface area (Å²) in [6.07, 6.45) is 0.580. The van der Waals surface area contributed by atoms with Crippen molar-refractivity contribution in [2.75, 3.05) is 6.54 Å². The van der Waals surface area contributed by atoms with E-state index in [1.165, 1.54) is 18.2 Å². The van der Waals surface area contributed by atoms with Crippen LogP contribution >= 0.6 is 35.8 Å². The molecule has 2 rings (SSSR count). The highest BCUT2D eigenvalue weighted by Gasteiger charge is 2.08. The summed E-state index contributed by atoms with van der Waals surface area (Å²) in [4.78, 5) is 12.1. The predicted molar refractivity (Wildman–Crippen MR) is 86.2 cm³/mol. The van der Waals surface area contributed by atoms with Gasteiger partial charge in [-0.1, -0.05) is 29.3 Å². The Morgan fingerprint density at radius 2 is 1.95 bits per heavy atom. The highest BCUT2D eigenvalue weighted by atomic mass is 35.5. The molecule has 21 heavy (non-hydrogen) atoms. The third kappa shape index (κ3) is 4.37. The van der Waals surface area contributed by atoms with Crippen LogP contribution in [-0.4, -0.2) is 12.5 Å². The summed E-state index contributed by atoms with van der Waals surface area (Å²) < 4.78 is 13.1. The average Bonchev–Trinajstić information content (AvgIpc) is 2.44. The van der Waals surface area contributed by atoms with Crippen molar-refractivity contribution in [2.24, 2.45) is 0 Å². The first-order valence-electron chi connectivity index (χ1n) is 6.18. The maximum absolute atomic E-state index is 13.1. The first-order valence-corrected chi connectivity index (χ1v) is 7.38. The van der Waals surface area contributed by atoms with E-state index in [1.807, 2.05) is 6.07 Å². The summed E-state index contributed by atoms with van der Waals surface area (Å²) in [5, 5.41) is 3.88. The van der Waals surface area contributed by atoms with Crippen LogP contribution in [0.2, 0.25) is 10.0 Å². The SMILES string of the molecule is O=C(NCCc1ccc(Cl)cc1Cl)c1ccc(F)c(S)c1. The lowest BCUT2D eigenvalue weighted by atomic mass is 10.1. The second-order valence-electron chi connectivity index (χ2n) is 4.41. The summed E-state index contributed by atoms with van der Waals surface area (Å²) in [6, 6.07) is 9.25. The standard InChI is InChI=1S/C15H12Cl2FNOS/c16-11-3-1-9(12(17)8-11)5-6-19-15(20)10-2-4-13(18)14(21)7-10/h1-4,7-8,21H,5-6H2,(H,19,20). The van der Waals surface area contributed by atoms with Crippen LogP contribution in [0.5, 0.6) is 0 Å². The number of rotatable bonds is 4. The molecule has 110 valence electrons. The molecular formula is C15H12Cl2FNOS. The molecule has 0 aliphatic carbocycles. The number of carbonyl (C=O) groups is 1. The molecule has 0 saturated heterocycles. The van der Waals surface area contributed by atoms with E-state index in [1.54, 1.807) is 12.1 Å². The molecule has 0 heterocycles. The molecule has 0 radical (unpaired) electrons. The minimum absolute atomic E-state index is 0.142. The van der Waals surface area contributed by atoms with Gasteiger partial charge in [0.15, 0.2) is 0 Å². The van der Waals surface area contributed by atoms with Gasteiger partial charge in [0.25, 0.3) is 5.91 Å². The van der Waals surface area contributed by atoms with E-state index in [0.29, 0.717) is 28.6 Å². The molecule has 0 aliphatic heterocycles. The van der Waals surface area contributed by atoms with Gasteiger partial charge in [-0.2, -0.15) is 0 Å². The van der Waals surface area contributed by atoms with E-state index in [9.17, 15) is 9.18 Å². The first-order chi connectivity index (χ1) is 9.97. The Hall–Kier alpha value is -1.23. The molecule has 2 nitrogen and oxygen atoms in total. The molecule has 1 amide bonds. The first kappa shape index (κ1) is 16.1. The highest BCUT2D eigenvalue weighted by Crippen LogP contribution is 2.21. The minimum atomic E-state index is -0.456. The summed E-state index contributed by atoms with van der Waals surface area (Å²) in [5.41, 5.74) is 1.26. The summed E-state index contributed by atoms with van der Waals surface area (Å²) in [6.45, 7) is 0.416. The van der Waals surface area contributed by atoms with Crippen molar-refractivity contribution in [3.8, 4) is 0 Å². The molecule has 0 aromatic heterocycles. The van der Waals surface area contributed by atoms with Gasteiger partial charge in [0.05, 0.1) is 0 Å². The highest BCUT2D eigenvalue weighted by molar-refractivity contribution is 7.80. The fourth-order valence-corrected chi connectivity index (χ4v) is 2.51. The van der Waals surface area contributed by atoms with Crippen molar-refractivity contribution in [3.05, 3.63) is 63.4 Å². The fourth-order valence-electron chi connectivity index (χ4n) is 1.79. The number of benzene rings is 2. The van der Waals surface area contributed by atoms with Crippen molar-refractivity contribution in [3.63, 3.8) is 0 Å². The molecule has 0 unspecified atom stereocenters.